The van der Waals surface area contributed by atoms with Gasteiger partial charge >= 0.3 is 0 Å². The Morgan fingerprint density at radius 1 is 1.12 bits per heavy atom. The van der Waals surface area contributed by atoms with E-state index in [1.807, 2.05) is 19.1 Å². The van der Waals surface area contributed by atoms with Crippen LogP contribution in [0.1, 0.15) is 11.1 Å². The van der Waals surface area contributed by atoms with Crippen molar-refractivity contribution in [2.75, 3.05) is 0 Å². The first kappa shape index (κ1) is 11.6. The number of hydrogen-bond donors (Lipinski definition) is 1. The number of aliphatic hydroxyl groups excluding tert-OH is 1. The van der Waals surface area contributed by atoms with E-state index in [0.29, 0.717) is 11.3 Å². The van der Waals surface area contributed by atoms with E-state index in [1.54, 1.807) is 12.1 Å². The van der Waals surface area contributed by atoms with Crippen molar-refractivity contribution >= 4 is 0 Å². The minimum Gasteiger partial charge on any atom is -0.454 e. The van der Waals surface area contributed by atoms with Gasteiger partial charge in [0.25, 0.3) is 0 Å². The molecule has 0 aliphatic carbocycles. The summed E-state index contributed by atoms with van der Waals surface area (Å²) in [6.45, 7) is 1.83. The first-order chi connectivity index (χ1) is 8.19. The highest BCUT2D eigenvalue weighted by atomic mass is 19.1. The SMILES string of the molecule is Cc1ccc(Oc2cc(CO)ccc2F)cc1. The summed E-state index contributed by atoms with van der Waals surface area (Å²) in [6.07, 6.45) is 0. The molecule has 2 aromatic rings. The highest BCUT2D eigenvalue weighted by Crippen LogP contribution is 2.25. The van der Waals surface area contributed by atoms with Crippen LogP contribution in [0.3, 0.4) is 0 Å². The monoisotopic (exact) mass is 232 g/mol. The summed E-state index contributed by atoms with van der Waals surface area (Å²) in [4.78, 5) is 0. The average Bonchev–Trinajstić information content (AvgIpc) is 2.35. The molecule has 0 bridgehead atoms. The number of hydrogen-bond acceptors (Lipinski definition) is 2. The maximum atomic E-state index is 13.5. The van der Waals surface area contributed by atoms with Crippen LogP contribution in [0.4, 0.5) is 4.39 Å². The van der Waals surface area contributed by atoms with Crippen molar-refractivity contribution in [1.82, 2.24) is 0 Å². The van der Waals surface area contributed by atoms with Crippen LogP contribution in [0.5, 0.6) is 11.5 Å². The Labute approximate surface area is 99.3 Å². The van der Waals surface area contributed by atoms with Gasteiger partial charge in [0.15, 0.2) is 11.6 Å². The summed E-state index contributed by atoms with van der Waals surface area (Å²) in [7, 11) is 0. The Bertz CT molecular complexity index is 506. The van der Waals surface area contributed by atoms with E-state index in [4.69, 9.17) is 9.84 Å². The van der Waals surface area contributed by atoms with E-state index in [0.717, 1.165) is 5.56 Å². The van der Waals surface area contributed by atoms with Gasteiger partial charge < -0.3 is 9.84 Å². The van der Waals surface area contributed by atoms with Gasteiger partial charge in [0, 0.05) is 0 Å². The van der Waals surface area contributed by atoms with Gasteiger partial charge in [-0.05, 0) is 36.8 Å². The molecule has 0 aliphatic rings. The van der Waals surface area contributed by atoms with Crippen molar-refractivity contribution in [1.29, 1.82) is 0 Å². The molecule has 0 radical (unpaired) electrons. The first-order valence-electron chi connectivity index (χ1n) is 5.33. The molecule has 0 aliphatic heterocycles. The predicted molar refractivity (Wildman–Crippen MR) is 63.6 cm³/mol. The van der Waals surface area contributed by atoms with Gasteiger partial charge in [-0.2, -0.15) is 0 Å². The normalized spacial score (nSPS) is 10.3. The van der Waals surface area contributed by atoms with Crippen LogP contribution in [-0.2, 0) is 6.61 Å². The van der Waals surface area contributed by atoms with Crippen LogP contribution >= 0.6 is 0 Å². The molecule has 0 amide bonds. The standard InChI is InChI=1S/C14H13FO2/c1-10-2-5-12(6-3-10)17-14-8-11(9-16)4-7-13(14)15/h2-8,16H,9H2,1H3. The number of aryl methyl sites for hydroxylation is 1. The second-order valence-corrected chi connectivity index (χ2v) is 3.84. The average molecular weight is 232 g/mol. The van der Waals surface area contributed by atoms with E-state index in [9.17, 15) is 4.39 Å². The molecule has 0 aromatic heterocycles. The van der Waals surface area contributed by atoms with Crippen LogP contribution < -0.4 is 4.74 Å². The van der Waals surface area contributed by atoms with E-state index in [-0.39, 0.29) is 12.4 Å². The van der Waals surface area contributed by atoms with Crippen molar-refractivity contribution in [3.63, 3.8) is 0 Å². The molecule has 17 heavy (non-hydrogen) atoms. The van der Waals surface area contributed by atoms with Crippen LogP contribution in [0.15, 0.2) is 42.5 Å². The largest absolute Gasteiger partial charge is 0.454 e. The number of benzene rings is 2. The van der Waals surface area contributed by atoms with E-state index < -0.39 is 5.82 Å². The molecule has 3 heteroatoms. The Balaban J connectivity index is 2.25. The summed E-state index contributed by atoms with van der Waals surface area (Å²) in [6, 6.07) is 11.6. The van der Waals surface area contributed by atoms with Crippen LogP contribution in [0.2, 0.25) is 0 Å². The predicted octanol–water partition coefficient (Wildman–Crippen LogP) is 3.42. The summed E-state index contributed by atoms with van der Waals surface area (Å²) in [5.74, 6) is 0.257. The van der Waals surface area contributed by atoms with Gasteiger partial charge in [-0.3, -0.25) is 0 Å². The molecule has 88 valence electrons. The second kappa shape index (κ2) is 4.97. The van der Waals surface area contributed by atoms with Gasteiger partial charge in [-0.1, -0.05) is 23.8 Å². The zero-order valence-electron chi connectivity index (χ0n) is 9.48. The summed E-state index contributed by atoms with van der Waals surface area (Å²) >= 11 is 0. The van der Waals surface area contributed by atoms with Gasteiger partial charge in [0.2, 0.25) is 0 Å². The molecule has 0 atom stereocenters. The summed E-state index contributed by atoms with van der Waals surface area (Å²) in [5, 5.41) is 8.98. The molecule has 1 N–H and O–H groups in total. The zero-order chi connectivity index (χ0) is 12.3. The van der Waals surface area contributed by atoms with E-state index in [1.165, 1.54) is 18.2 Å². The number of halogens is 1. The highest BCUT2D eigenvalue weighted by molar-refractivity contribution is 5.35. The number of ether oxygens (including phenoxy) is 1. The van der Waals surface area contributed by atoms with Crippen molar-refractivity contribution in [3.05, 3.63) is 59.4 Å². The van der Waals surface area contributed by atoms with Crippen LogP contribution in [-0.4, -0.2) is 5.11 Å². The molecule has 0 heterocycles. The lowest BCUT2D eigenvalue weighted by Gasteiger charge is -2.08. The first-order valence-corrected chi connectivity index (χ1v) is 5.33. The fourth-order valence-corrected chi connectivity index (χ4v) is 1.46. The Morgan fingerprint density at radius 2 is 1.82 bits per heavy atom. The quantitative estimate of drug-likeness (QED) is 0.878. The molecule has 2 rings (SSSR count). The van der Waals surface area contributed by atoms with E-state index >= 15 is 0 Å². The maximum Gasteiger partial charge on any atom is 0.165 e. The maximum absolute atomic E-state index is 13.5. The molecule has 0 unspecified atom stereocenters. The fraction of sp³-hybridized carbons (Fsp3) is 0.143. The lowest BCUT2D eigenvalue weighted by molar-refractivity contribution is 0.281. The Kier molecular flexibility index (Phi) is 3.40. The minimum absolute atomic E-state index is 0.125. The number of rotatable bonds is 3. The molecule has 0 saturated heterocycles. The van der Waals surface area contributed by atoms with Gasteiger partial charge in [-0.25, -0.2) is 4.39 Å². The third-order valence-electron chi connectivity index (χ3n) is 2.43. The molecular weight excluding hydrogens is 219 g/mol. The number of aliphatic hydroxyl groups is 1. The van der Waals surface area contributed by atoms with Gasteiger partial charge in [-0.15, -0.1) is 0 Å². The van der Waals surface area contributed by atoms with Gasteiger partial charge in [0.05, 0.1) is 6.61 Å². The van der Waals surface area contributed by atoms with Crippen molar-refractivity contribution in [2.24, 2.45) is 0 Å². The Morgan fingerprint density at radius 3 is 2.47 bits per heavy atom. The highest BCUT2D eigenvalue weighted by Gasteiger charge is 2.05. The molecule has 0 spiro atoms. The molecule has 2 nitrogen and oxygen atoms in total. The summed E-state index contributed by atoms with van der Waals surface area (Å²) in [5.41, 5.74) is 1.73. The fourth-order valence-electron chi connectivity index (χ4n) is 1.46. The molecular formula is C14H13FO2. The van der Waals surface area contributed by atoms with Crippen molar-refractivity contribution in [3.8, 4) is 11.5 Å². The zero-order valence-corrected chi connectivity index (χ0v) is 9.48. The molecule has 0 saturated carbocycles. The smallest absolute Gasteiger partial charge is 0.165 e. The minimum atomic E-state index is -0.442. The van der Waals surface area contributed by atoms with Crippen molar-refractivity contribution in [2.45, 2.75) is 13.5 Å². The lowest BCUT2D eigenvalue weighted by atomic mass is 10.2. The lowest BCUT2D eigenvalue weighted by Crippen LogP contribution is -1.91. The van der Waals surface area contributed by atoms with Crippen molar-refractivity contribution < 1.29 is 14.2 Å². The second-order valence-electron chi connectivity index (χ2n) is 3.84. The topological polar surface area (TPSA) is 29.5 Å². The molecule has 2 aromatic carbocycles. The summed E-state index contributed by atoms with van der Waals surface area (Å²) < 4.78 is 18.9. The van der Waals surface area contributed by atoms with Crippen LogP contribution in [0, 0.1) is 12.7 Å². The Hall–Kier alpha value is -1.87. The molecule has 0 fully saturated rings. The van der Waals surface area contributed by atoms with E-state index in [2.05, 4.69) is 0 Å². The third kappa shape index (κ3) is 2.82. The van der Waals surface area contributed by atoms with Crippen LogP contribution in [0.25, 0.3) is 0 Å². The third-order valence-corrected chi connectivity index (χ3v) is 2.43. The van der Waals surface area contributed by atoms with Gasteiger partial charge in [0.1, 0.15) is 5.75 Å².